The van der Waals surface area contributed by atoms with Crippen LogP contribution in [0.3, 0.4) is 0 Å². The zero-order valence-corrected chi connectivity index (χ0v) is 31.0. The Morgan fingerprint density at radius 1 is 0.771 bits per heavy atom. The zero-order valence-electron chi connectivity index (χ0n) is 28.8. The Morgan fingerprint density at radius 3 is 2.27 bits per heavy atom. The van der Waals surface area contributed by atoms with E-state index in [-0.39, 0.29) is 26.5 Å². The molecule has 0 saturated heterocycles. The van der Waals surface area contributed by atoms with Gasteiger partial charge in [-0.3, -0.25) is 4.68 Å². The number of pyridine rings is 1. The van der Waals surface area contributed by atoms with Crippen molar-refractivity contribution < 1.29 is 25.8 Å². The van der Waals surface area contributed by atoms with Gasteiger partial charge in [0.2, 0.25) is 0 Å². The molecule has 0 aliphatic rings. The first-order chi connectivity index (χ1) is 22.5. The molecule has 0 N–H and O–H groups in total. The van der Waals surface area contributed by atoms with Gasteiger partial charge in [0.05, 0.1) is 5.69 Å². The van der Waals surface area contributed by atoms with Crippen molar-refractivity contribution in [2.24, 2.45) is 5.41 Å². The minimum Gasteiger partial charge on any atom is -0.509 e. The summed E-state index contributed by atoms with van der Waals surface area (Å²) in [5.74, 6) is 2.48. The largest absolute Gasteiger partial charge is 2.00 e. The van der Waals surface area contributed by atoms with Gasteiger partial charge in [-0.25, -0.2) is 4.98 Å². The molecule has 6 heteroatoms. The summed E-state index contributed by atoms with van der Waals surface area (Å²) in [6, 6.07) is 36.7. The van der Waals surface area contributed by atoms with Crippen molar-refractivity contribution in [2.45, 2.75) is 61.3 Å². The van der Waals surface area contributed by atoms with E-state index in [4.69, 9.17) is 14.8 Å². The Bertz CT molecular complexity index is 2270. The predicted molar refractivity (Wildman–Crippen MR) is 192 cm³/mol. The number of aryl methyl sites for hydroxylation is 3. The average Bonchev–Trinajstić information content (AvgIpc) is 3.52. The summed E-state index contributed by atoms with van der Waals surface area (Å²) in [4.78, 5) is 4.77. The molecule has 3 aromatic heterocycles. The van der Waals surface area contributed by atoms with Gasteiger partial charge >= 0.3 is 21.1 Å². The molecule has 48 heavy (non-hydrogen) atoms. The maximum atomic E-state index is 6.52. The number of aromatic nitrogens is 4. The van der Waals surface area contributed by atoms with E-state index in [0.29, 0.717) is 17.4 Å². The van der Waals surface area contributed by atoms with E-state index in [1.54, 1.807) is 0 Å². The van der Waals surface area contributed by atoms with Crippen molar-refractivity contribution in [2.75, 3.05) is 0 Å². The summed E-state index contributed by atoms with van der Waals surface area (Å²) in [5.41, 5.74) is 10.9. The van der Waals surface area contributed by atoms with Crippen LogP contribution in [0.25, 0.3) is 44.4 Å². The molecule has 4 aromatic carbocycles. The van der Waals surface area contributed by atoms with E-state index < -0.39 is 0 Å². The van der Waals surface area contributed by atoms with Crippen molar-refractivity contribution >= 4 is 21.8 Å². The van der Waals surface area contributed by atoms with Gasteiger partial charge in [-0.2, -0.15) is 16.7 Å². The van der Waals surface area contributed by atoms with Crippen LogP contribution >= 0.6 is 0 Å². The monoisotopic (exact) mass is 811 g/mol. The van der Waals surface area contributed by atoms with Crippen molar-refractivity contribution in [3.05, 3.63) is 131 Å². The van der Waals surface area contributed by atoms with Crippen LogP contribution in [0.15, 0.2) is 91.1 Å². The molecular formula is C42H40N4OPt. The Morgan fingerprint density at radius 2 is 1.54 bits per heavy atom. The fourth-order valence-electron chi connectivity index (χ4n) is 6.50. The standard InChI is InChI=1S/C42H40N4O.Pt/c1-26-18-19-43-40(22-26)45-38-17-14-32(28(3)42(6,7)8)23-37(38)36-16-15-34(25-39(36)45)47-35-21-27(2)20-33(24-35)46-30(5)41(29(4)44-46)31-12-10-9-11-13-31;/h9-23,28H,1-8H3;/q-2;+2. The molecule has 0 bridgehead atoms. The minimum absolute atomic E-state index is 0. The number of hydrogen-bond donors (Lipinski definition) is 0. The SMILES string of the molecule is Cc1cc(Oc2[c-]c3c(cc2)c2cc(C(C)C(C)(C)C)ccc2n3-c2cc(C)ccn2)[c-]c(-n2nc(C)c(-c3ccccc3)c2C)c1.[Pt+2]. The molecule has 7 aromatic rings. The van der Waals surface area contributed by atoms with Gasteiger partial charge in [-0.1, -0.05) is 82.6 Å². The smallest absolute Gasteiger partial charge is 0.509 e. The summed E-state index contributed by atoms with van der Waals surface area (Å²) >= 11 is 0. The van der Waals surface area contributed by atoms with Crippen LogP contribution in [-0.4, -0.2) is 19.3 Å². The third kappa shape index (κ3) is 6.13. The van der Waals surface area contributed by atoms with Crippen LogP contribution in [0, 0.1) is 45.2 Å². The Labute approximate surface area is 297 Å². The van der Waals surface area contributed by atoms with E-state index in [0.717, 1.165) is 61.6 Å². The summed E-state index contributed by atoms with van der Waals surface area (Å²) in [6.07, 6.45) is 1.87. The Balaban J connectivity index is 0.00000401. The second kappa shape index (κ2) is 12.9. The molecule has 0 aliphatic heterocycles. The van der Waals surface area contributed by atoms with Crippen LogP contribution in [0.1, 0.15) is 61.7 Å². The van der Waals surface area contributed by atoms with E-state index in [9.17, 15) is 0 Å². The first kappa shape index (κ1) is 33.4. The minimum atomic E-state index is 0. The molecule has 3 heterocycles. The van der Waals surface area contributed by atoms with Gasteiger partial charge < -0.3 is 9.30 Å². The first-order valence-electron chi connectivity index (χ1n) is 16.2. The van der Waals surface area contributed by atoms with Crippen molar-refractivity contribution in [1.82, 2.24) is 19.3 Å². The summed E-state index contributed by atoms with van der Waals surface area (Å²) in [6.45, 7) is 17.5. The van der Waals surface area contributed by atoms with E-state index in [1.165, 1.54) is 10.9 Å². The number of nitrogens with zero attached hydrogens (tertiary/aromatic N) is 4. The van der Waals surface area contributed by atoms with Crippen LogP contribution in [0.2, 0.25) is 0 Å². The number of ether oxygens (including phenoxy) is 1. The molecule has 7 rings (SSSR count). The molecule has 1 unspecified atom stereocenters. The van der Waals surface area contributed by atoms with E-state index in [1.807, 2.05) is 35.1 Å². The zero-order chi connectivity index (χ0) is 33.0. The Hall–Kier alpha value is -4.47. The maximum Gasteiger partial charge on any atom is 2.00 e. The molecule has 0 saturated carbocycles. The van der Waals surface area contributed by atoms with E-state index >= 15 is 0 Å². The third-order valence-corrected chi connectivity index (χ3v) is 9.38. The number of hydrogen-bond acceptors (Lipinski definition) is 3. The number of benzene rings is 4. The topological polar surface area (TPSA) is 44.9 Å². The van der Waals surface area contributed by atoms with Crippen molar-refractivity contribution in [3.8, 4) is 34.1 Å². The van der Waals surface area contributed by atoms with Gasteiger partial charge in [0.25, 0.3) is 0 Å². The van der Waals surface area contributed by atoms with Gasteiger partial charge in [-0.15, -0.1) is 35.7 Å². The molecule has 5 nitrogen and oxygen atoms in total. The molecular weight excluding hydrogens is 772 g/mol. The average molecular weight is 812 g/mol. The quantitative estimate of drug-likeness (QED) is 0.157. The maximum absolute atomic E-state index is 6.52. The van der Waals surface area contributed by atoms with Crippen molar-refractivity contribution in [1.29, 1.82) is 0 Å². The molecule has 0 amide bonds. The van der Waals surface area contributed by atoms with Gasteiger partial charge in [-0.05, 0) is 78.1 Å². The summed E-state index contributed by atoms with van der Waals surface area (Å²) in [7, 11) is 0. The first-order valence-corrected chi connectivity index (χ1v) is 16.2. The molecule has 0 spiro atoms. The van der Waals surface area contributed by atoms with E-state index in [2.05, 4.69) is 133 Å². The van der Waals surface area contributed by atoms with Crippen LogP contribution in [0.4, 0.5) is 0 Å². The molecule has 0 radical (unpaired) electrons. The fraction of sp³-hybridized carbons (Fsp3) is 0.238. The van der Waals surface area contributed by atoms with Crippen molar-refractivity contribution in [3.63, 3.8) is 0 Å². The molecule has 0 fully saturated rings. The number of fused-ring (bicyclic) bond motifs is 3. The number of rotatable bonds is 6. The van der Waals surface area contributed by atoms with Gasteiger partial charge in [0.1, 0.15) is 5.82 Å². The normalized spacial score (nSPS) is 12.3. The predicted octanol–water partition coefficient (Wildman–Crippen LogP) is 10.8. The fourth-order valence-corrected chi connectivity index (χ4v) is 6.50. The van der Waals surface area contributed by atoms with Crippen LogP contribution in [0.5, 0.6) is 11.5 Å². The second-order valence-electron chi connectivity index (χ2n) is 13.8. The summed E-state index contributed by atoms with van der Waals surface area (Å²) in [5, 5.41) is 7.21. The van der Waals surface area contributed by atoms with Crippen LogP contribution in [-0.2, 0) is 21.1 Å². The molecule has 1 atom stereocenters. The summed E-state index contributed by atoms with van der Waals surface area (Å²) < 4.78 is 10.7. The molecule has 244 valence electrons. The van der Waals surface area contributed by atoms with Gasteiger partial charge in [0, 0.05) is 34.5 Å². The van der Waals surface area contributed by atoms with Gasteiger partial charge in [0.15, 0.2) is 0 Å². The molecule has 0 aliphatic carbocycles. The Kier molecular flexibility index (Phi) is 8.95. The third-order valence-electron chi connectivity index (χ3n) is 9.38. The van der Waals surface area contributed by atoms with Crippen LogP contribution < -0.4 is 4.74 Å². The second-order valence-corrected chi connectivity index (χ2v) is 13.8.